The summed E-state index contributed by atoms with van der Waals surface area (Å²) in [6.45, 7) is 0.869. The van der Waals surface area contributed by atoms with Gasteiger partial charge in [-0.1, -0.05) is 0 Å². The van der Waals surface area contributed by atoms with Crippen LogP contribution in [0.25, 0.3) is 0 Å². The topological polar surface area (TPSA) is 146 Å². The molecule has 0 radical (unpaired) electrons. The molecule has 8 heteroatoms. The minimum absolute atomic E-state index is 0.119. The number of nitrogens with two attached hydrogens (primary N) is 2. The Bertz CT molecular complexity index is 346. The monoisotopic (exact) mass is 257 g/mol. The van der Waals surface area contributed by atoms with E-state index >= 15 is 0 Å². The number of hydrogen-bond donors (Lipinski definition) is 5. The summed E-state index contributed by atoms with van der Waals surface area (Å²) in [6, 6.07) is -1.25. The number of amides is 1. The Labute approximate surface area is 105 Å². The summed E-state index contributed by atoms with van der Waals surface area (Å²) in [6.07, 6.45) is 0.518. The second kappa shape index (κ2) is 6.20. The van der Waals surface area contributed by atoms with Gasteiger partial charge in [-0.05, 0) is 19.3 Å². The third kappa shape index (κ3) is 3.59. The molecule has 1 rings (SSSR count). The summed E-state index contributed by atoms with van der Waals surface area (Å²) < 4.78 is 0. The third-order valence-electron chi connectivity index (χ3n) is 2.97. The molecule has 2 atom stereocenters. The van der Waals surface area contributed by atoms with Crippen molar-refractivity contribution in [3.05, 3.63) is 0 Å². The number of likely N-dealkylation sites (tertiary alicyclic amines) is 1. The van der Waals surface area contributed by atoms with Crippen LogP contribution >= 0.6 is 0 Å². The fraction of sp³-hybridized carbons (Fsp3) is 0.700. The summed E-state index contributed by atoms with van der Waals surface area (Å²) >= 11 is 0. The fourth-order valence-corrected chi connectivity index (χ4v) is 1.85. The Kier molecular flexibility index (Phi) is 4.90. The quantitative estimate of drug-likeness (QED) is 0.232. The number of guanidine groups is 1. The van der Waals surface area contributed by atoms with Crippen LogP contribution in [0.5, 0.6) is 0 Å². The molecule has 102 valence electrons. The average molecular weight is 257 g/mol. The van der Waals surface area contributed by atoms with Gasteiger partial charge < -0.3 is 21.9 Å². The zero-order valence-electron chi connectivity index (χ0n) is 10.1. The second-order valence-electron chi connectivity index (χ2n) is 4.27. The molecule has 1 amide bonds. The lowest BCUT2D eigenvalue weighted by Gasteiger charge is -2.38. The lowest BCUT2D eigenvalue weighted by atomic mass is 9.93. The van der Waals surface area contributed by atoms with Gasteiger partial charge in [-0.3, -0.25) is 15.1 Å². The van der Waals surface area contributed by atoms with E-state index in [1.165, 1.54) is 0 Å². The first-order valence-corrected chi connectivity index (χ1v) is 5.80. The Morgan fingerprint density at radius 3 is 2.67 bits per heavy atom. The molecule has 1 aliphatic rings. The predicted octanol–water partition coefficient (Wildman–Crippen LogP) is -1.10. The van der Waals surface area contributed by atoms with E-state index in [1.54, 1.807) is 0 Å². The second-order valence-corrected chi connectivity index (χ2v) is 4.27. The Balaban J connectivity index is 2.29. The SMILES string of the molecule is N=C(N)NCCCC(N)C(=O)C1CCN1C(=O)O. The molecular formula is C10H19N5O3. The van der Waals surface area contributed by atoms with E-state index < -0.39 is 18.2 Å². The summed E-state index contributed by atoms with van der Waals surface area (Å²) in [5.41, 5.74) is 10.8. The largest absolute Gasteiger partial charge is 0.465 e. The molecule has 0 saturated carbocycles. The van der Waals surface area contributed by atoms with Gasteiger partial charge in [0.2, 0.25) is 0 Å². The van der Waals surface area contributed by atoms with Crippen LogP contribution in [0.15, 0.2) is 0 Å². The van der Waals surface area contributed by atoms with Crippen molar-refractivity contribution in [3.63, 3.8) is 0 Å². The van der Waals surface area contributed by atoms with Crippen LogP contribution in [0.3, 0.4) is 0 Å². The standard InChI is InChI=1S/C10H19N5O3/c11-6(2-1-4-14-9(12)13)8(16)7-3-5-15(7)10(17)18/h6-7H,1-5,11H2,(H,17,18)(H4,12,13,14). The zero-order chi connectivity index (χ0) is 13.7. The van der Waals surface area contributed by atoms with E-state index in [4.69, 9.17) is 22.0 Å². The van der Waals surface area contributed by atoms with E-state index in [2.05, 4.69) is 5.32 Å². The number of ketones is 1. The highest BCUT2D eigenvalue weighted by Crippen LogP contribution is 2.19. The summed E-state index contributed by atoms with van der Waals surface area (Å²) in [4.78, 5) is 23.7. The molecule has 8 nitrogen and oxygen atoms in total. The number of nitrogens with one attached hydrogen (secondary N) is 2. The summed E-state index contributed by atoms with van der Waals surface area (Å²) in [5.74, 6) is -0.350. The molecule has 1 fully saturated rings. The van der Waals surface area contributed by atoms with Crippen molar-refractivity contribution in [1.82, 2.24) is 10.2 Å². The van der Waals surface area contributed by atoms with Gasteiger partial charge >= 0.3 is 6.09 Å². The summed E-state index contributed by atoms with van der Waals surface area (Å²) in [5, 5.41) is 18.4. The summed E-state index contributed by atoms with van der Waals surface area (Å²) in [7, 11) is 0. The van der Waals surface area contributed by atoms with E-state index in [0.29, 0.717) is 32.4 Å². The number of hydrogen-bond acceptors (Lipinski definition) is 4. The molecule has 1 heterocycles. The van der Waals surface area contributed by atoms with Crippen molar-refractivity contribution in [2.24, 2.45) is 11.5 Å². The van der Waals surface area contributed by atoms with Crippen LogP contribution < -0.4 is 16.8 Å². The smallest absolute Gasteiger partial charge is 0.407 e. The van der Waals surface area contributed by atoms with Gasteiger partial charge in [-0.15, -0.1) is 0 Å². The number of carboxylic acid groups (broad SMARTS) is 1. The highest BCUT2D eigenvalue weighted by Gasteiger charge is 2.39. The van der Waals surface area contributed by atoms with Gasteiger partial charge in [0.25, 0.3) is 0 Å². The highest BCUT2D eigenvalue weighted by atomic mass is 16.4. The predicted molar refractivity (Wildman–Crippen MR) is 65.3 cm³/mol. The van der Waals surface area contributed by atoms with Crippen molar-refractivity contribution < 1.29 is 14.7 Å². The molecule has 0 aromatic rings. The first-order chi connectivity index (χ1) is 8.43. The van der Waals surface area contributed by atoms with Crippen molar-refractivity contribution in [1.29, 1.82) is 5.41 Å². The van der Waals surface area contributed by atoms with Crippen LogP contribution in [0.1, 0.15) is 19.3 Å². The van der Waals surface area contributed by atoms with Gasteiger partial charge in [-0.2, -0.15) is 0 Å². The Morgan fingerprint density at radius 2 is 2.22 bits per heavy atom. The van der Waals surface area contributed by atoms with Crippen LogP contribution in [-0.2, 0) is 4.79 Å². The number of Topliss-reactive ketones (excluding diaryl/α,β-unsaturated/α-hetero) is 1. The van der Waals surface area contributed by atoms with Crippen LogP contribution in [0, 0.1) is 5.41 Å². The fourth-order valence-electron chi connectivity index (χ4n) is 1.85. The van der Waals surface area contributed by atoms with E-state index in [9.17, 15) is 9.59 Å². The maximum atomic E-state index is 11.9. The third-order valence-corrected chi connectivity index (χ3v) is 2.97. The number of nitrogens with zero attached hydrogens (tertiary/aromatic N) is 1. The molecule has 0 bridgehead atoms. The number of carbonyl (C=O) groups excluding carboxylic acids is 1. The minimum Gasteiger partial charge on any atom is -0.465 e. The lowest BCUT2D eigenvalue weighted by molar-refractivity contribution is -0.128. The molecule has 0 aromatic carbocycles. The van der Waals surface area contributed by atoms with Crippen molar-refractivity contribution in [2.75, 3.05) is 13.1 Å². The minimum atomic E-state index is -1.08. The van der Waals surface area contributed by atoms with Crippen molar-refractivity contribution in [2.45, 2.75) is 31.3 Å². The lowest BCUT2D eigenvalue weighted by Crippen LogP contribution is -2.58. The molecule has 18 heavy (non-hydrogen) atoms. The van der Waals surface area contributed by atoms with Gasteiger partial charge in [-0.25, -0.2) is 4.79 Å². The molecule has 0 spiro atoms. The average Bonchev–Trinajstić information content (AvgIpc) is 2.21. The van der Waals surface area contributed by atoms with Crippen LogP contribution in [0.2, 0.25) is 0 Å². The van der Waals surface area contributed by atoms with Crippen molar-refractivity contribution >= 4 is 17.8 Å². The highest BCUT2D eigenvalue weighted by molar-refractivity contribution is 5.92. The normalized spacial score (nSPS) is 19.8. The molecule has 1 aliphatic heterocycles. The molecular weight excluding hydrogens is 238 g/mol. The number of rotatable bonds is 6. The molecule has 0 aromatic heterocycles. The molecule has 7 N–H and O–H groups in total. The van der Waals surface area contributed by atoms with Crippen molar-refractivity contribution in [3.8, 4) is 0 Å². The van der Waals surface area contributed by atoms with Crippen LogP contribution in [0.4, 0.5) is 4.79 Å². The van der Waals surface area contributed by atoms with Crippen LogP contribution in [-0.4, -0.2) is 53.0 Å². The maximum Gasteiger partial charge on any atom is 0.407 e. The first-order valence-electron chi connectivity index (χ1n) is 5.80. The van der Waals surface area contributed by atoms with E-state index in [0.717, 1.165) is 4.90 Å². The Morgan fingerprint density at radius 1 is 1.56 bits per heavy atom. The van der Waals surface area contributed by atoms with Gasteiger partial charge in [0.05, 0.1) is 12.1 Å². The van der Waals surface area contributed by atoms with E-state index in [-0.39, 0.29) is 11.7 Å². The van der Waals surface area contributed by atoms with Gasteiger partial charge in [0.15, 0.2) is 11.7 Å². The zero-order valence-corrected chi connectivity index (χ0v) is 10.1. The number of carbonyl (C=O) groups is 2. The maximum absolute atomic E-state index is 11.9. The van der Waals surface area contributed by atoms with E-state index in [1.807, 2.05) is 0 Å². The van der Waals surface area contributed by atoms with Gasteiger partial charge in [0, 0.05) is 13.1 Å². The molecule has 1 saturated heterocycles. The Hall–Kier alpha value is -1.83. The molecule has 2 unspecified atom stereocenters. The van der Waals surface area contributed by atoms with Gasteiger partial charge in [0.1, 0.15) is 0 Å². The first kappa shape index (κ1) is 14.2. The molecule has 0 aliphatic carbocycles.